The van der Waals surface area contributed by atoms with Crippen molar-refractivity contribution in [1.29, 1.82) is 0 Å². The Labute approximate surface area is 89.2 Å². The van der Waals surface area contributed by atoms with Crippen molar-refractivity contribution in [3.05, 3.63) is 30.6 Å². The van der Waals surface area contributed by atoms with Crippen molar-refractivity contribution in [3.8, 4) is 0 Å². The molecule has 0 radical (unpaired) electrons. The number of aromatic amines is 1. The van der Waals surface area contributed by atoms with Crippen molar-refractivity contribution in [2.24, 2.45) is 4.99 Å². The van der Waals surface area contributed by atoms with E-state index in [9.17, 15) is 0 Å². The molecule has 0 fully saturated rings. The van der Waals surface area contributed by atoms with Gasteiger partial charge in [-0.3, -0.25) is 4.99 Å². The van der Waals surface area contributed by atoms with Crippen LogP contribution in [0.3, 0.4) is 0 Å². The van der Waals surface area contributed by atoms with Gasteiger partial charge in [0.15, 0.2) is 0 Å². The van der Waals surface area contributed by atoms with E-state index in [1.165, 1.54) is 0 Å². The van der Waals surface area contributed by atoms with E-state index in [4.69, 9.17) is 0 Å². The molecule has 2 rings (SSSR count). The SMILES string of the molecule is CC1=NC=CN(C)C1c1ncc[nH]1.Cl. The molecule has 1 N–H and O–H groups in total. The van der Waals surface area contributed by atoms with Crippen LogP contribution >= 0.6 is 12.4 Å². The summed E-state index contributed by atoms with van der Waals surface area (Å²) in [6.45, 7) is 2.01. The Morgan fingerprint density at radius 2 is 2.29 bits per heavy atom. The molecule has 1 aromatic rings. The Bertz CT molecular complexity index is 342. The largest absolute Gasteiger partial charge is 0.364 e. The van der Waals surface area contributed by atoms with Gasteiger partial charge in [0.2, 0.25) is 0 Å². The van der Waals surface area contributed by atoms with Crippen LogP contribution in [0, 0.1) is 0 Å². The summed E-state index contributed by atoms with van der Waals surface area (Å²) >= 11 is 0. The highest BCUT2D eigenvalue weighted by Gasteiger charge is 2.21. The minimum Gasteiger partial charge on any atom is -0.364 e. The number of aromatic nitrogens is 2. The maximum absolute atomic E-state index is 4.25. The highest BCUT2D eigenvalue weighted by Crippen LogP contribution is 2.20. The number of halogens is 1. The maximum Gasteiger partial charge on any atom is 0.134 e. The van der Waals surface area contributed by atoms with Gasteiger partial charge < -0.3 is 9.88 Å². The first kappa shape index (κ1) is 10.8. The van der Waals surface area contributed by atoms with Gasteiger partial charge in [-0.05, 0) is 6.92 Å². The summed E-state index contributed by atoms with van der Waals surface area (Å²) in [4.78, 5) is 13.7. The van der Waals surface area contributed by atoms with Crippen LogP contribution in [-0.4, -0.2) is 27.6 Å². The summed E-state index contributed by atoms with van der Waals surface area (Å²) in [5.41, 5.74) is 1.06. The van der Waals surface area contributed by atoms with Gasteiger partial charge in [-0.25, -0.2) is 4.98 Å². The van der Waals surface area contributed by atoms with Gasteiger partial charge in [0.1, 0.15) is 11.9 Å². The summed E-state index contributed by atoms with van der Waals surface area (Å²) < 4.78 is 0. The van der Waals surface area contributed by atoms with Crippen molar-refractivity contribution >= 4 is 18.1 Å². The molecule has 4 nitrogen and oxygen atoms in total. The Morgan fingerprint density at radius 1 is 1.50 bits per heavy atom. The lowest BCUT2D eigenvalue weighted by Gasteiger charge is -2.27. The molecule has 0 bridgehead atoms. The average molecular weight is 213 g/mol. The van der Waals surface area contributed by atoms with E-state index in [1.54, 1.807) is 12.4 Å². The van der Waals surface area contributed by atoms with Crippen molar-refractivity contribution in [2.75, 3.05) is 7.05 Å². The Balaban J connectivity index is 0.000000980. The summed E-state index contributed by atoms with van der Waals surface area (Å²) in [5, 5.41) is 0. The van der Waals surface area contributed by atoms with Crippen LogP contribution in [0.2, 0.25) is 0 Å². The number of nitrogens with one attached hydrogen (secondary N) is 1. The third-order valence-corrected chi connectivity index (χ3v) is 2.16. The molecule has 76 valence electrons. The minimum atomic E-state index is 0. The molecule has 1 aliphatic heterocycles. The molecular weight excluding hydrogens is 200 g/mol. The van der Waals surface area contributed by atoms with Crippen LogP contribution in [0.1, 0.15) is 18.8 Å². The summed E-state index contributed by atoms with van der Waals surface area (Å²) in [5.74, 6) is 0.938. The van der Waals surface area contributed by atoms with Crippen LogP contribution in [0.5, 0.6) is 0 Å². The number of rotatable bonds is 1. The van der Waals surface area contributed by atoms with Crippen LogP contribution in [-0.2, 0) is 0 Å². The van der Waals surface area contributed by atoms with Crippen molar-refractivity contribution in [1.82, 2.24) is 14.9 Å². The first-order valence-corrected chi connectivity index (χ1v) is 4.21. The molecule has 2 heterocycles. The zero-order chi connectivity index (χ0) is 9.26. The first-order valence-electron chi connectivity index (χ1n) is 4.21. The number of H-pyrrole nitrogens is 1. The molecule has 0 aliphatic carbocycles. The highest BCUT2D eigenvalue weighted by atomic mass is 35.5. The number of hydrogen-bond acceptors (Lipinski definition) is 3. The van der Waals surface area contributed by atoms with E-state index < -0.39 is 0 Å². The lowest BCUT2D eigenvalue weighted by Crippen LogP contribution is -2.28. The minimum absolute atomic E-state index is 0. The molecule has 0 saturated heterocycles. The van der Waals surface area contributed by atoms with Crippen LogP contribution in [0.4, 0.5) is 0 Å². The number of nitrogens with zero attached hydrogens (tertiary/aromatic N) is 3. The second kappa shape index (κ2) is 4.28. The molecule has 1 unspecified atom stereocenters. The molecule has 0 aromatic carbocycles. The normalized spacial score (nSPS) is 20.3. The zero-order valence-electron chi connectivity index (χ0n) is 8.14. The Hall–Kier alpha value is -1.29. The zero-order valence-corrected chi connectivity index (χ0v) is 8.95. The fourth-order valence-corrected chi connectivity index (χ4v) is 1.53. The molecule has 0 amide bonds. The predicted molar refractivity (Wildman–Crippen MR) is 58.6 cm³/mol. The Morgan fingerprint density at radius 3 is 2.86 bits per heavy atom. The van der Waals surface area contributed by atoms with Crippen LogP contribution < -0.4 is 0 Å². The van der Waals surface area contributed by atoms with E-state index in [2.05, 4.69) is 19.9 Å². The second-order valence-electron chi connectivity index (χ2n) is 3.11. The molecular formula is C9H13ClN4. The molecule has 1 aromatic heterocycles. The standard InChI is InChI=1S/C9H12N4.ClH/c1-7-8(9-11-3-4-12-9)13(2)6-5-10-7;/h3-6,8H,1-2H3,(H,11,12);1H. The van der Waals surface area contributed by atoms with E-state index >= 15 is 0 Å². The van der Waals surface area contributed by atoms with Crippen molar-refractivity contribution < 1.29 is 0 Å². The van der Waals surface area contributed by atoms with Crippen LogP contribution in [0.25, 0.3) is 0 Å². The van der Waals surface area contributed by atoms with Gasteiger partial charge in [-0.15, -0.1) is 12.4 Å². The maximum atomic E-state index is 4.25. The summed E-state index contributed by atoms with van der Waals surface area (Å²) in [6, 6.07) is 0.153. The highest BCUT2D eigenvalue weighted by molar-refractivity contribution is 5.88. The van der Waals surface area contributed by atoms with E-state index in [1.807, 2.05) is 26.4 Å². The fraction of sp³-hybridized carbons (Fsp3) is 0.333. The Kier molecular flexibility index (Phi) is 3.30. The van der Waals surface area contributed by atoms with Gasteiger partial charge in [-0.2, -0.15) is 0 Å². The monoisotopic (exact) mass is 212 g/mol. The fourth-order valence-electron chi connectivity index (χ4n) is 1.53. The van der Waals surface area contributed by atoms with Crippen molar-refractivity contribution in [2.45, 2.75) is 13.0 Å². The van der Waals surface area contributed by atoms with Crippen molar-refractivity contribution in [3.63, 3.8) is 0 Å². The van der Waals surface area contributed by atoms with Gasteiger partial charge >= 0.3 is 0 Å². The lowest BCUT2D eigenvalue weighted by molar-refractivity contribution is 0.394. The van der Waals surface area contributed by atoms with Gasteiger partial charge in [0.25, 0.3) is 0 Å². The number of imidazole rings is 1. The molecule has 1 atom stereocenters. The first-order chi connectivity index (χ1) is 6.29. The summed E-state index contributed by atoms with van der Waals surface area (Å²) in [7, 11) is 2.02. The smallest absolute Gasteiger partial charge is 0.134 e. The van der Waals surface area contributed by atoms with Gasteiger partial charge in [-0.1, -0.05) is 0 Å². The van der Waals surface area contributed by atoms with Crippen LogP contribution in [0.15, 0.2) is 29.8 Å². The predicted octanol–water partition coefficient (Wildman–Crippen LogP) is 1.75. The van der Waals surface area contributed by atoms with Gasteiger partial charge in [0, 0.05) is 37.6 Å². The van der Waals surface area contributed by atoms with E-state index in [-0.39, 0.29) is 18.4 Å². The lowest BCUT2D eigenvalue weighted by atomic mass is 10.1. The van der Waals surface area contributed by atoms with Gasteiger partial charge in [0.05, 0.1) is 0 Å². The van der Waals surface area contributed by atoms with E-state index in [0.717, 1.165) is 11.5 Å². The molecule has 14 heavy (non-hydrogen) atoms. The van der Waals surface area contributed by atoms with E-state index in [0.29, 0.717) is 0 Å². The molecule has 0 spiro atoms. The molecule has 5 heteroatoms. The third-order valence-electron chi connectivity index (χ3n) is 2.16. The number of aliphatic imine (C=N–C) groups is 1. The molecule has 1 aliphatic rings. The quantitative estimate of drug-likeness (QED) is 0.771. The summed E-state index contributed by atoms with van der Waals surface area (Å²) in [6.07, 6.45) is 7.33. The molecule has 0 saturated carbocycles. The third kappa shape index (κ3) is 1.80. The average Bonchev–Trinajstić information content (AvgIpc) is 2.57. The number of hydrogen-bond donors (Lipinski definition) is 1. The second-order valence-corrected chi connectivity index (χ2v) is 3.11. The topological polar surface area (TPSA) is 44.3 Å².